The summed E-state index contributed by atoms with van der Waals surface area (Å²) in [4.78, 5) is 59.2. The van der Waals surface area contributed by atoms with E-state index >= 15 is 0 Å². The van der Waals surface area contributed by atoms with Gasteiger partial charge in [-0.1, -0.05) is 54.6 Å². The molecule has 3 amide bonds. The lowest BCUT2D eigenvalue weighted by Gasteiger charge is -2.38. The zero-order valence-electron chi connectivity index (χ0n) is 28.3. The highest BCUT2D eigenvalue weighted by molar-refractivity contribution is 6.05. The number of fused-ring (bicyclic) bond motifs is 1. The molecule has 0 saturated carbocycles. The molecular formula is C38H47N3O7. The standard InChI is InChI=1S/C38H47N3O7/c1-7-9-15-30(43)39-26(6)33(27-13-11-10-12-14-27)47-37(46)31-29-18-19-38(48-29)32(31)35(44)41(25(5)22-42)34(38)36(45)40(20-8-2)28-21-23(3)16-17-24(28)4/h7-8,10-14,16-17,21,25-26,29,31-34,42H,1-2,9,15,18-20,22H2,3-6H3,(H,39,43)/t25-,26-,29+,31-,32-,33-,34+,38-/m1/s1. The summed E-state index contributed by atoms with van der Waals surface area (Å²) >= 11 is 0. The Balaban J connectivity index is 1.49. The molecule has 3 aliphatic heterocycles. The van der Waals surface area contributed by atoms with Gasteiger partial charge in [0.05, 0.1) is 36.6 Å². The van der Waals surface area contributed by atoms with Crippen molar-refractivity contribution in [2.24, 2.45) is 11.8 Å². The summed E-state index contributed by atoms with van der Waals surface area (Å²) in [5.41, 5.74) is 1.96. The second-order valence-electron chi connectivity index (χ2n) is 13.3. The lowest BCUT2D eigenvalue weighted by atomic mass is 9.70. The van der Waals surface area contributed by atoms with Crippen LogP contribution in [0.25, 0.3) is 0 Å². The first kappa shape index (κ1) is 35.0. The van der Waals surface area contributed by atoms with Gasteiger partial charge in [0.25, 0.3) is 5.91 Å². The second kappa shape index (κ2) is 14.5. The van der Waals surface area contributed by atoms with Gasteiger partial charge >= 0.3 is 5.97 Å². The Morgan fingerprint density at radius 2 is 1.88 bits per heavy atom. The maximum absolute atomic E-state index is 14.8. The number of likely N-dealkylation sites (tertiary alicyclic amines) is 1. The molecule has 5 rings (SSSR count). The van der Waals surface area contributed by atoms with Crippen molar-refractivity contribution >= 4 is 29.4 Å². The lowest BCUT2D eigenvalue weighted by molar-refractivity contribution is -0.162. The molecule has 2 aromatic rings. The van der Waals surface area contributed by atoms with E-state index in [9.17, 15) is 24.3 Å². The molecule has 48 heavy (non-hydrogen) atoms. The number of carbonyl (C=O) groups excluding carboxylic acids is 4. The van der Waals surface area contributed by atoms with Gasteiger partial charge in [-0.15, -0.1) is 13.2 Å². The summed E-state index contributed by atoms with van der Waals surface area (Å²) in [6, 6.07) is 12.6. The largest absolute Gasteiger partial charge is 0.455 e. The van der Waals surface area contributed by atoms with Crippen LogP contribution in [0.1, 0.15) is 62.3 Å². The first-order valence-electron chi connectivity index (χ1n) is 16.7. The van der Waals surface area contributed by atoms with Crippen molar-refractivity contribution in [3.05, 3.63) is 90.5 Å². The maximum Gasteiger partial charge on any atom is 0.313 e. The first-order chi connectivity index (χ1) is 23.0. The maximum atomic E-state index is 14.8. The van der Waals surface area contributed by atoms with Crippen LogP contribution in [0, 0.1) is 25.7 Å². The Hall–Kier alpha value is -4.28. The molecule has 8 atom stereocenters. The number of aryl methyl sites for hydroxylation is 2. The lowest BCUT2D eigenvalue weighted by Crippen LogP contribution is -2.58. The molecule has 2 bridgehead atoms. The van der Waals surface area contributed by atoms with Crippen molar-refractivity contribution in [3.63, 3.8) is 0 Å². The molecule has 0 aromatic heterocycles. The Bertz CT molecular complexity index is 1560. The van der Waals surface area contributed by atoms with E-state index < -0.39 is 59.6 Å². The smallest absolute Gasteiger partial charge is 0.313 e. The molecule has 2 aromatic carbocycles. The number of aliphatic hydroxyl groups excluding tert-OH is 1. The number of esters is 1. The van der Waals surface area contributed by atoms with E-state index in [1.54, 1.807) is 30.9 Å². The van der Waals surface area contributed by atoms with Crippen LogP contribution in [0.4, 0.5) is 5.69 Å². The van der Waals surface area contributed by atoms with Gasteiger partial charge in [-0.2, -0.15) is 0 Å². The molecule has 3 heterocycles. The van der Waals surface area contributed by atoms with Crippen LogP contribution in [-0.2, 0) is 28.7 Å². The van der Waals surface area contributed by atoms with E-state index in [1.165, 1.54) is 4.90 Å². The Kier molecular flexibility index (Phi) is 10.6. The third-order valence-electron chi connectivity index (χ3n) is 10.0. The van der Waals surface area contributed by atoms with Crippen molar-refractivity contribution in [1.82, 2.24) is 10.2 Å². The molecule has 0 aliphatic carbocycles. The van der Waals surface area contributed by atoms with Crippen molar-refractivity contribution in [2.75, 3.05) is 18.1 Å². The van der Waals surface area contributed by atoms with Crippen LogP contribution < -0.4 is 10.2 Å². The van der Waals surface area contributed by atoms with E-state index in [0.717, 1.165) is 11.1 Å². The van der Waals surface area contributed by atoms with Gasteiger partial charge in [0, 0.05) is 18.7 Å². The summed E-state index contributed by atoms with van der Waals surface area (Å²) < 4.78 is 12.8. The topological polar surface area (TPSA) is 125 Å². The molecule has 0 radical (unpaired) electrons. The SMILES string of the molecule is C=CCCC(=O)N[C@H](C)[C@@H](OC(=O)[C@@H]1[C@@H]2CC[C@]3(O2)[C@H](C(=O)N(CC=C)c2cc(C)ccc2C)N([C@H](C)CO)C(=O)[C@@H]13)c1ccccc1. The summed E-state index contributed by atoms with van der Waals surface area (Å²) in [6.45, 7) is 14.7. The normalized spacial score (nSPS) is 25.9. The highest BCUT2D eigenvalue weighted by atomic mass is 16.6. The van der Waals surface area contributed by atoms with Crippen LogP contribution >= 0.6 is 0 Å². The fourth-order valence-electron chi connectivity index (χ4n) is 7.73. The number of anilines is 1. The van der Waals surface area contributed by atoms with E-state index in [2.05, 4.69) is 18.5 Å². The second-order valence-corrected chi connectivity index (χ2v) is 13.3. The van der Waals surface area contributed by atoms with E-state index in [-0.39, 0.29) is 31.4 Å². The summed E-state index contributed by atoms with van der Waals surface area (Å²) in [5, 5.41) is 13.2. The highest BCUT2D eigenvalue weighted by Gasteiger charge is 2.75. The minimum absolute atomic E-state index is 0.194. The van der Waals surface area contributed by atoms with Crippen molar-refractivity contribution < 1.29 is 33.8 Å². The quantitative estimate of drug-likeness (QED) is 0.229. The number of aliphatic hydroxyl groups is 1. The number of carbonyl (C=O) groups is 4. The number of rotatable bonds is 14. The van der Waals surface area contributed by atoms with Gasteiger partial charge in [-0.05, 0) is 69.7 Å². The molecule has 3 saturated heterocycles. The Labute approximate surface area is 282 Å². The fourth-order valence-corrected chi connectivity index (χ4v) is 7.73. The number of nitrogens with zero attached hydrogens (tertiary/aromatic N) is 2. The first-order valence-corrected chi connectivity index (χ1v) is 16.7. The minimum atomic E-state index is -1.28. The third kappa shape index (κ3) is 6.31. The van der Waals surface area contributed by atoms with Gasteiger partial charge in [-0.25, -0.2) is 0 Å². The molecule has 256 valence electrons. The van der Waals surface area contributed by atoms with E-state index in [4.69, 9.17) is 9.47 Å². The summed E-state index contributed by atoms with van der Waals surface area (Å²) in [6.07, 6.45) is 3.46. The predicted molar refractivity (Wildman–Crippen MR) is 182 cm³/mol. The number of benzene rings is 2. The average molecular weight is 658 g/mol. The number of nitrogens with one attached hydrogen (secondary N) is 1. The number of amides is 3. The fraction of sp³-hybridized carbons (Fsp3) is 0.474. The number of ether oxygens (including phenoxy) is 2. The number of hydrogen-bond donors (Lipinski definition) is 2. The van der Waals surface area contributed by atoms with Gasteiger partial charge in [-0.3, -0.25) is 19.2 Å². The number of allylic oxidation sites excluding steroid dienone is 1. The van der Waals surface area contributed by atoms with Crippen LogP contribution in [0.2, 0.25) is 0 Å². The molecule has 2 N–H and O–H groups in total. The zero-order chi connectivity index (χ0) is 34.7. The van der Waals surface area contributed by atoms with Crippen LogP contribution in [-0.4, -0.2) is 76.7 Å². The van der Waals surface area contributed by atoms with E-state index in [0.29, 0.717) is 30.5 Å². The van der Waals surface area contributed by atoms with Gasteiger partial charge in [0.2, 0.25) is 11.8 Å². The summed E-state index contributed by atoms with van der Waals surface area (Å²) in [7, 11) is 0. The van der Waals surface area contributed by atoms with Gasteiger partial charge in [0.15, 0.2) is 0 Å². The molecule has 10 nitrogen and oxygen atoms in total. The van der Waals surface area contributed by atoms with Crippen LogP contribution in [0.3, 0.4) is 0 Å². The molecule has 3 fully saturated rings. The molecule has 0 unspecified atom stereocenters. The van der Waals surface area contributed by atoms with E-state index in [1.807, 2.05) is 62.4 Å². The Morgan fingerprint density at radius 3 is 2.54 bits per heavy atom. The average Bonchev–Trinajstić information content (AvgIpc) is 3.73. The highest BCUT2D eigenvalue weighted by Crippen LogP contribution is 2.59. The summed E-state index contributed by atoms with van der Waals surface area (Å²) in [5.74, 6) is -3.54. The van der Waals surface area contributed by atoms with Crippen LogP contribution in [0.15, 0.2) is 73.8 Å². The van der Waals surface area contributed by atoms with Gasteiger partial charge in [0.1, 0.15) is 17.7 Å². The third-order valence-corrected chi connectivity index (χ3v) is 10.0. The molecular weight excluding hydrogens is 610 g/mol. The number of hydrogen-bond acceptors (Lipinski definition) is 7. The van der Waals surface area contributed by atoms with Crippen molar-refractivity contribution in [2.45, 2.75) is 89.3 Å². The zero-order valence-corrected chi connectivity index (χ0v) is 28.3. The van der Waals surface area contributed by atoms with Crippen molar-refractivity contribution in [3.8, 4) is 0 Å². The van der Waals surface area contributed by atoms with Crippen molar-refractivity contribution in [1.29, 1.82) is 0 Å². The molecule has 3 aliphatic rings. The van der Waals surface area contributed by atoms with Gasteiger partial charge < -0.3 is 29.7 Å². The predicted octanol–water partition coefficient (Wildman–Crippen LogP) is 4.33. The molecule has 1 spiro atoms. The minimum Gasteiger partial charge on any atom is -0.455 e. The van der Waals surface area contributed by atoms with Crippen LogP contribution in [0.5, 0.6) is 0 Å². The monoisotopic (exact) mass is 657 g/mol. The molecule has 10 heteroatoms. The Morgan fingerprint density at radius 1 is 1.15 bits per heavy atom.